The van der Waals surface area contributed by atoms with Crippen molar-refractivity contribution in [3.05, 3.63) is 0 Å². The number of rotatable bonds is 1. The molecule has 0 nitrogen and oxygen atoms in total. The average molecular weight is 285 g/mol. The topological polar surface area (TPSA) is 0 Å². The second-order valence-electron chi connectivity index (χ2n) is 4.92. The van der Waals surface area contributed by atoms with Crippen LogP contribution in [-0.4, -0.2) is 4.83 Å². The van der Waals surface area contributed by atoms with Gasteiger partial charge in [-0.1, -0.05) is 60.9 Å². The molecule has 2 heteroatoms. The van der Waals surface area contributed by atoms with Crippen LogP contribution >= 0.6 is 15.9 Å². The Hall–Kier alpha value is 2.12. The summed E-state index contributed by atoms with van der Waals surface area (Å²) in [5.41, 5.74) is 0. The second-order valence-corrected chi connectivity index (χ2v) is 6.22. The Balaban J connectivity index is 0.000000980. The number of halogens is 1. The molecule has 2 fully saturated rings. The van der Waals surface area contributed by atoms with Gasteiger partial charge in [0.2, 0.25) is 0 Å². The summed E-state index contributed by atoms with van der Waals surface area (Å²) in [5, 5.41) is 0. The van der Waals surface area contributed by atoms with Crippen LogP contribution in [0.2, 0.25) is 0 Å². The Morgan fingerprint density at radius 3 is 2.07 bits per heavy atom. The average Bonchev–Trinajstić information content (AvgIpc) is 2.19. The normalized spacial score (nSPS) is 34.9. The van der Waals surface area contributed by atoms with Gasteiger partial charge in [-0.05, 0) is 24.7 Å². The van der Waals surface area contributed by atoms with Crippen LogP contribution in [0.15, 0.2) is 0 Å². The van der Waals surface area contributed by atoms with Crippen molar-refractivity contribution in [1.29, 1.82) is 0 Å². The summed E-state index contributed by atoms with van der Waals surface area (Å²) in [6.07, 6.45) is 13.5. The molecule has 0 aromatic heterocycles. The van der Waals surface area contributed by atoms with E-state index in [1.807, 2.05) is 0 Å². The summed E-state index contributed by atoms with van der Waals surface area (Å²) >= 11 is 3.80. The van der Waals surface area contributed by atoms with Gasteiger partial charge in [-0.3, -0.25) is 0 Å². The molecule has 78 valence electrons. The minimum Gasteiger partial charge on any atom is -1.00 e. The molecular formula is C12H22BrK. The Morgan fingerprint density at radius 2 is 1.43 bits per heavy atom. The number of hydrogen-bond acceptors (Lipinski definition) is 0. The minimum absolute atomic E-state index is 0. The van der Waals surface area contributed by atoms with Gasteiger partial charge in [0.25, 0.3) is 0 Å². The predicted molar refractivity (Wildman–Crippen MR) is 62.4 cm³/mol. The fourth-order valence-corrected chi connectivity index (χ4v) is 4.00. The van der Waals surface area contributed by atoms with E-state index in [9.17, 15) is 0 Å². The molecule has 2 atom stereocenters. The summed E-state index contributed by atoms with van der Waals surface area (Å²) < 4.78 is 0. The molecule has 14 heavy (non-hydrogen) atoms. The molecule has 0 aromatic rings. The van der Waals surface area contributed by atoms with E-state index in [4.69, 9.17) is 0 Å². The Kier molecular flexibility index (Phi) is 7.54. The van der Waals surface area contributed by atoms with Crippen molar-refractivity contribution in [3.8, 4) is 0 Å². The van der Waals surface area contributed by atoms with Gasteiger partial charge in [0.05, 0.1) is 0 Å². The SMILES string of the molecule is BrC1CCCC(C2CCCCC2)C1.[H-].[K+]. The van der Waals surface area contributed by atoms with Gasteiger partial charge in [0.1, 0.15) is 0 Å². The molecule has 0 aromatic carbocycles. The van der Waals surface area contributed by atoms with E-state index in [1.54, 1.807) is 0 Å². The summed E-state index contributed by atoms with van der Waals surface area (Å²) in [7, 11) is 0. The van der Waals surface area contributed by atoms with Crippen molar-refractivity contribution >= 4 is 15.9 Å². The Labute approximate surface area is 141 Å². The first-order chi connectivity index (χ1) is 6.36. The molecule has 2 rings (SSSR count). The molecule has 0 saturated heterocycles. The van der Waals surface area contributed by atoms with Gasteiger partial charge in [0.15, 0.2) is 0 Å². The number of alkyl halides is 1. The zero-order chi connectivity index (χ0) is 9.10. The third kappa shape index (κ3) is 4.18. The van der Waals surface area contributed by atoms with E-state index in [1.165, 1.54) is 57.8 Å². The molecule has 0 spiro atoms. The monoisotopic (exact) mass is 284 g/mol. The van der Waals surface area contributed by atoms with Crippen LogP contribution in [0.1, 0.15) is 59.2 Å². The standard InChI is InChI=1S/C12H21Br.K.H/c13-12-8-4-7-11(9-12)10-5-2-1-3-6-10;;/h10-12H,1-9H2;;/q;+1;-1. The smallest absolute Gasteiger partial charge is 1.00 e. The zero-order valence-corrected chi connectivity index (χ0v) is 14.2. The molecular weight excluding hydrogens is 263 g/mol. The van der Waals surface area contributed by atoms with Crippen molar-refractivity contribution in [2.24, 2.45) is 11.8 Å². The van der Waals surface area contributed by atoms with Gasteiger partial charge < -0.3 is 1.43 Å². The van der Waals surface area contributed by atoms with Crippen LogP contribution in [0.4, 0.5) is 0 Å². The maximum absolute atomic E-state index is 3.80. The van der Waals surface area contributed by atoms with Crippen LogP contribution in [-0.2, 0) is 0 Å². The maximum atomic E-state index is 3.80. The van der Waals surface area contributed by atoms with Crippen molar-refractivity contribution in [2.45, 2.75) is 62.6 Å². The van der Waals surface area contributed by atoms with Crippen LogP contribution < -0.4 is 51.4 Å². The first-order valence-corrected chi connectivity index (χ1v) is 6.92. The van der Waals surface area contributed by atoms with E-state index >= 15 is 0 Å². The molecule has 2 aliphatic carbocycles. The Bertz CT molecular complexity index is 160. The predicted octanol–water partition coefficient (Wildman–Crippen LogP) is 1.64. The summed E-state index contributed by atoms with van der Waals surface area (Å²) in [4.78, 5) is 0.841. The first-order valence-electron chi connectivity index (χ1n) is 6.00. The number of hydrogen-bond donors (Lipinski definition) is 0. The summed E-state index contributed by atoms with van der Waals surface area (Å²) in [6.45, 7) is 0. The van der Waals surface area contributed by atoms with Crippen molar-refractivity contribution < 1.29 is 52.8 Å². The zero-order valence-electron chi connectivity index (χ0n) is 10.5. The minimum atomic E-state index is 0. The van der Waals surface area contributed by atoms with Gasteiger partial charge >= 0.3 is 51.4 Å². The van der Waals surface area contributed by atoms with E-state index < -0.39 is 0 Å². The van der Waals surface area contributed by atoms with Gasteiger partial charge in [-0.2, -0.15) is 0 Å². The van der Waals surface area contributed by atoms with Crippen LogP contribution in [0.25, 0.3) is 0 Å². The van der Waals surface area contributed by atoms with Crippen molar-refractivity contribution in [1.82, 2.24) is 0 Å². The first kappa shape index (κ1) is 14.2. The molecule has 0 amide bonds. The van der Waals surface area contributed by atoms with E-state index in [-0.39, 0.29) is 52.8 Å². The van der Waals surface area contributed by atoms with Crippen molar-refractivity contribution in [2.75, 3.05) is 0 Å². The van der Waals surface area contributed by atoms with Crippen molar-refractivity contribution in [3.63, 3.8) is 0 Å². The van der Waals surface area contributed by atoms with E-state index in [0.29, 0.717) is 0 Å². The molecule has 2 aliphatic rings. The molecule has 2 saturated carbocycles. The van der Waals surface area contributed by atoms with E-state index in [2.05, 4.69) is 15.9 Å². The summed E-state index contributed by atoms with van der Waals surface area (Å²) in [6, 6.07) is 0. The molecule has 0 radical (unpaired) electrons. The largest absolute Gasteiger partial charge is 1.00 e. The Morgan fingerprint density at radius 1 is 0.786 bits per heavy atom. The molecule has 0 N–H and O–H groups in total. The fraction of sp³-hybridized carbons (Fsp3) is 1.00. The van der Waals surface area contributed by atoms with Gasteiger partial charge in [-0.25, -0.2) is 0 Å². The fourth-order valence-electron chi connectivity index (χ4n) is 3.20. The third-order valence-electron chi connectivity index (χ3n) is 3.97. The van der Waals surface area contributed by atoms with Crippen LogP contribution in [0, 0.1) is 11.8 Å². The van der Waals surface area contributed by atoms with Gasteiger partial charge in [-0.15, -0.1) is 0 Å². The van der Waals surface area contributed by atoms with Crippen LogP contribution in [0.3, 0.4) is 0 Å². The van der Waals surface area contributed by atoms with Crippen LogP contribution in [0.5, 0.6) is 0 Å². The molecule has 2 unspecified atom stereocenters. The maximum Gasteiger partial charge on any atom is 1.00 e. The second kappa shape index (κ2) is 7.44. The molecule has 0 aliphatic heterocycles. The third-order valence-corrected chi connectivity index (χ3v) is 4.80. The van der Waals surface area contributed by atoms with Gasteiger partial charge in [0, 0.05) is 4.83 Å². The quantitative estimate of drug-likeness (QED) is 0.507. The summed E-state index contributed by atoms with van der Waals surface area (Å²) in [5.74, 6) is 2.16. The molecule has 0 heterocycles. The van der Waals surface area contributed by atoms with E-state index in [0.717, 1.165) is 16.7 Å². The molecule has 0 bridgehead atoms.